The van der Waals surface area contributed by atoms with Crippen molar-refractivity contribution in [3.8, 4) is 0 Å². The molecule has 6 nitrogen and oxygen atoms in total. The molecule has 6 heteroatoms. The summed E-state index contributed by atoms with van der Waals surface area (Å²) in [5.41, 5.74) is 4.86. The first kappa shape index (κ1) is 20.3. The number of aliphatic imine (C=N–C) groups is 1. The average Bonchev–Trinajstić information content (AvgIpc) is 2.33. The fraction of sp³-hybridized carbons (Fsp3) is 0.750. The quantitative estimate of drug-likeness (QED) is 0.533. The van der Waals surface area contributed by atoms with Crippen LogP contribution in [0.1, 0.15) is 53.9 Å². The molecule has 0 saturated heterocycles. The number of rotatable bonds is 8. The van der Waals surface area contributed by atoms with Gasteiger partial charge in [-0.2, -0.15) is 0 Å². The lowest BCUT2D eigenvalue weighted by atomic mass is 9.91. The Hall–Kier alpha value is -1.72. The molecule has 3 N–H and O–H groups in total. The summed E-state index contributed by atoms with van der Waals surface area (Å²) in [5, 5.41) is 2.80. The van der Waals surface area contributed by atoms with Gasteiger partial charge in [-0.15, -0.1) is 0 Å². The number of alkyl carbamates (subject to hydrolysis) is 1. The summed E-state index contributed by atoms with van der Waals surface area (Å²) >= 11 is 0. The van der Waals surface area contributed by atoms with E-state index in [1.165, 1.54) is 0 Å². The molecule has 0 fully saturated rings. The smallest absolute Gasteiger partial charge is 0.407 e. The molecule has 0 aromatic carbocycles. The first-order valence-corrected chi connectivity index (χ1v) is 7.68. The van der Waals surface area contributed by atoms with Crippen LogP contribution in [-0.2, 0) is 4.74 Å². The first-order chi connectivity index (χ1) is 10.00. The minimum atomic E-state index is -0.484. The highest BCUT2D eigenvalue weighted by Crippen LogP contribution is 2.22. The van der Waals surface area contributed by atoms with Gasteiger partial charge in [-0.05, 0) is 40.5 Å². The van der Waals surface area contributed by atoms with E-state index in [1.54, 1.807) is 6.34 Å². The van der Waals surface area contributed by atoms with E-state index in [1.807, 2.05) is 32.7 Å². The third-order valence-electron chi connectivity index (χ3n) is 3.37. The van der Waals surface area contributed by atoms with Crippen molar-refractivity contribution in [2.45, 2.75) is 65.0 Å². The summed E-state index contributed by atoms with van der Waals surface area (Å²) in [7, 11) is 1.95. The van der Waals surface area contributed by atoms with E-state index >= 15 is 0 Å². The number of carbonyl (C=O) groups is 1. The minimum absolute atomic E-state index is 0.122. The highest BCUT2D eigenvalue weighted by Gasteiger charge is 2.27. The monoisotopic (exact) mass is 312 g/mol. The van der Waals surface area contributed by atoms with Crippen molar-refractivity contribution >= 4 is 12.4 Å². The van der Waals surface area contributed by atoms with Crippen molar-refractivity contribution < 1.29 is 9.53 Å². The van der Waals surface area contributed by atoms with Crippen LogP contribution >= 0.6 is 0 Å². The lowest BCUT2D eigenvalue weighted by Gasteiger charge is -2.38. The standard InChI is InChI=1S/C16H32N4O2/c1-8-9-16(6,20(7)12-19-13(2)17)10-11-18-14(21)22-15(3,4)5/h12H,2,8-11,17H2,1,3-7H3,(H,18,21). The van der Waals surface area contributed by atoms with Crippen LogP contribution in [-0.4, -0.2) is 42.1 Å². The van der Waals surface area contributed by atoms with Crippen LogP contribution in [0.4, 0.5) is 4.79 Å². The number of nitrogens with zero attached hydrogens (tertiary/aromatic N) is 2. The Kier molecular flexibility index (Phi) is 7.98. The number of nitrogens with one attached hydrogen (secondary N) is 1. The molecule has 0 saturated carbocycles. The summed E-state index contributed by atoms with van der Waals surface area (Å²) < 4.78 is 5.23. The van der Waals surface area contributed by atoms with Gasteiger partial charge < -0.3 is 20.7 Å². The summed E-state index contributed by atoms with van der Waals surface area (Å²) in [5.74, 6) is 0.276. The Bertz CT molecular complexity index is 401. The predicted molar refractivity (Wildman–Crippen MR) is 91.7 cm³/mol. The van der Waals surface area contributed by atoms with Gasteiger partial charge in [-0.3, -0.25) is 0 Å². The second kappa shape index (κ2) is 8.66. The summed E-state index contributed by atoms with van der Waals surface area (Å²) in [6.45, 7) is 13.9. The zero-order chi connectivity index (χ0) is 17.4. The third-order valence-corrected chi connectivity index (χ3v) is 3.37. The van der Waals surface area contributed by atoms with Crippen molar-refractivity contribution in [1.82, 2.24) is 10.2 Å². The SMILES string of the molecule is C=C(N)N=CN(C)C(C)(CCC)CCNC(=O)OC(C)(C)C. The Morgan fingerprint density at radius 3 is 2.41 bits per heavy atom. The Labute approximate surface area is 134 Å². The molecule has 1 unspecified atom stereocenters. The molecule has 0 aliphatic rings. The molecule has 0 bridgehead atoms. The number of hydrogen-bond acceptors (Lipinski definition) is 4. The van der Waals surface area contributed by atoms with E-state index in [0.29, 0.717) is 6.54 Å². The lowest BCUT2D eigenvalue weighted by Crippen LogP contribution is -2.46. The maximum Gasteiger partial charge on any atom is 0.407 e. The Morgan fingerprint density at radius 1 is 1.36 bits per heavy atom. The number of ether oxygens (including phenoxy) is 1. The Morgan fingerprint density at radius 2 is 1.95 bits per heavy atom. The number of amides is 1. The maximum atomic E-state index is 11.7. The topological polar surface area (TPSA) is 80.0 Å². The van der Waals surface area contributed by atoms with Crippen molar-refractivity contribution in [2.75, 3.05) is 13.6 Å². The molecule has 0 aliphatic carbocycles. The van der Waals surface area contributed by atoms with Crippen molar-refractivity contribution in [2.24, 2.45) is 10.7 Å². The predicted octanol–water partition coefficient (Wildman–Crippen LogP) is 2.85. The molecule has 0 aliphatic heterocycles. The zero-order valence-electron chi connectivity index (χ0n) is 14.9. The van der Waals surface area contributed by atoms with Gasteiger partial charge in [-0.1, -0.05) is 19.9 Å². The van der Waals surface area contributed by atoms with Gasteiger partial charge in [0.1, 0.15) is 11.4 Å². The van der Waals surface area contributed by atoms with E-state index in [9.17, 15) is 4.79 Å². The highest BCUT2D eigenvalue weighted by atomic mass is 16.6. The molecule has 128 valence electrons. The van der Waals surface area contributed by atoms with Gasteiger partial charge in [0.15, 0.2) is 0 Å². The van der Waals surface area contributed by atoms with Crippen LogP contribution in [0.5, 0.6) is 0 Å². The number of nitrogens with two attached hydrogens (primary N) is 1. The van der Waals surface area contributed by atoms with Crippen molar-refractivity contribution in [1.29, 1.82) is 0 Å². The van der Waals surface area contributed by atoms with Gasteiger partial charge in [0.2, 0.25) is 0 Å². The molecule has 0 aromatic heterocycles. The van der Waals surface area contributed by atoms with Crippen LogP contribution in [0.2, 0.25) is 0 Å². The molecule has 0 radical (unpaired) electrons. The summed E-state index contributed by atoms with van der Waals surface area (Å²) in [6.07, 6.45) is 4.08. The van der Waals surface area contributed by atoms with Gasteiger partial charge in [0, 0.05) is 19.1 Å². The summed E-state index contributed by atoms with van der Waals surface area (Å²) in [6, 6.07) is 0. The van der Waals surface area contributed by atoms with E-state index < -0.39 is 11.7 Å². The van der Waals surface area contributed by atoms with Gasteiger partial charge in [0.05, 0.1) is 6.34 Å². The van der Waals surface area contributed by atoms with E-state index in [0.717, 1.165) is 19.3 Å². The van der Waals surface area contributed by atoms with Gasteiger partial charge in [0.25, 0.3) is 0 Å². The van der Waals surface area contributed by atoms with Crippen LogP contribution in [0.25, 0.3) is 0 Å². The maximum absolute atomic E-state index is 11.7. The van der Waals surface area contributed by atoms with Crippen LogP contribution in [0, 0.1) is 0 Å². The molecule has 0 spiro atoms. The lowest BCUT2D eigenvalue weighted by molar-refractivity contribution is 0.0519. The van der Waals surface area contributed by atoms with Gasteiger partial charge >= 0.3 is 6.09 Å². The molecular weight excluding hydrogens is 280 g/mol. The second-order valence-corrected chi connectivity index (χ2v) is 6.77. The first-order valence-electron chi connectivity index (χ1n) is 7.68. The fourth-order valence-electron chi connectivity index (χ4n) is 2.06. The highest BCUT2D eigenvalue weighted by molar-refractivity contribution is 5.67. The van der Waals surface area contributed by atoms with E-state index in [2.05, 4.69) is 30.7 Å². The number of hydrogen-bond donors (Lipinski definition) is 2. The normalized spacial score (nSPS) is 14.5. The van der Waals surface area contributed by atoms with Gasteiger partial charge in [-0.25, -0.2) is 9.79 Å². The number of carbonyl (C=O) groups excluding carboxylic acids is 1. The van der Waals surface area contributed by atoms with Crippen LogP contribution < -0.4 is 11.1 Å². The minimum Gasteiger partial charge on any atom is -0.444 e. The molecule has 1 amide bonds. The zero-order valence-corrected chi connectivity index (χ0v) is 14.9. The van der Waals surface area contributed by atoms with Crippen molar-refractivity contribution in [3.63, 3.8) is 0 Å². The average molecular weight is 312 g/mol. The molecule has 0 heterocycles. The molecule has 0 rings (SSSR count). The van der Waals surface area contributed by atoms with Crippen LogP contribution in [0.3, 0.4) is 0 Å². The Balaban J connectivity index is 4.57. The molecule has 1 atom stereocenters. The molecular formula is C16H32N4O2. The van der Waals surface area contributed by atoms with E-state index in [4.69, 9.17) is 10.5 Å². The largest absolute Gasteiger partial charge is 0.444 e. The van der Waals surface area contributed by atoms with Crippen molar-refractivity contribution in [3.05, 3.63) is 12.4 Å². The molecule has 0 aromatic rings. The van der Waals surface area contributed by atoms with E-state index in [-0.39, 0.29) is 11.4 Å². The fourth-order valence-corrected chi connectivity index (χ4v) is 2.06. The third kappa shape index (κ3) is 8.54. The van der Waals surface area contributed by atoms with Crippen LogP contribution in [0.15, 0.2) is 17.4 Å². The molecule has 22 heavy (non-hydrogen) atoms. The second-order valence-electron chi connectivity index (χ2n) is 6.77. The summed E-state index contributed by atoms with van der Waals surface area (Å²) in [4.78, 5) is 17.7.